The van der Waals surface area contributed by atoms with Crippen molar-refractivity contribution in [2.45, 2.75) is 27.2 Å². The molecule has 0 unspecified atom stereocenters. The quantitative estimate of drug-likeness (QED) is 0.908. The van der Waals surface area contributed by atoms with Crippen molar-refractivity contribution in [2.75, 3.05) is 5.32 Å². The number of carboxylic acid groups (broad SMARTS) is 1. The van der Waals surface area contributed by atoms with Crippen LogP contribution in [0.4, 0.5) is 5.69 Å². The highest BCUT2D eigenvalue weighted by Gasteiger charge is 2.15. The zero-order chi connectivity index (χ0) is 15.6. The Balaban J connectivity index is 2.21. The minimum atomic E-state index is -0.976. The van der Waals surface area contributed by atoms with Crippen LogP contribution < -0.4 is 5.32 Å². The molecule has 110 valence electrons. The van der Waals surface area contributed by atoms with Crippen LogP contribution in [0.25, 0.3) is 0 Å². The summed E-state index contributed by atoms with van der Waals surface area (Å²) in [5.74, 6) is -1.19. The summed E-state index contributed by atoms with van der Waals surface area (Å²) in [4.78, 5) is 28.1. The van der Waals surface area contributed by atoms with Gasteiger partial charge in [0.25, 0.3) is 5.91 Å². The molecule has 5 nitrogen and oxygen atoms in total. The van der Waals surface area contributed by atoms with Crippen LogP contribution in [0, 0.1) is 13.8 Å². The van der Waals surface area contributed by atoms with E-state index in [0.717, 1.165) is 11.4 Å². The van der Waals surface area contributed by atoms with Gasteiger partial charge in [-0.15, -0.1) is 11.3 Å². The smallest absolute Gasteiger partial charge is 0.335 e. The lowest BCUT2D eigenvalue weighted by molar-refractivity contribution is 0.0696. The number of aromatic carboxylic acids is 1. The number of carbonyl (C=O) groups excluding carboxylic acids is 1. The Bertz CT molecular complexity index is 707. The van der Waals surface area contributed by atoms with Gasteiger partial charge in [-0.25, -0.2) is 9.78 Å². The maximum Gasteiger partial charge on any atom is 0.335 e. The summed E-state index contributed by atoms with van der Waals surface area (Å²) in [5.41, 5.74) is 2.13. The number of aryl methyl sites for hydroxylation is 3. The summed E-state index contributed by atoms with van der Waals surface area (Å²) < 4.78 is 0. The van der Waals surface area contributed by atoms with E-state index in [9.17, 15) is 9.59 Å². The number of rotatable bonds is 4. The molecular weight excluding hydrogens is 288 g/mol. The standard InChI is InChI=1S/C15H16N2O3S/c1-4-12-16-9(3)13(21-12)14(18)17-10-5-6-11(15(19)20)8(2)7-10/h5-7H,4H2,1-3H3,(H,17,18)(H,19,20). The average Bonchev–Trinajstić information content (AvgIpc) is 2.79. The van der Waals surface area contributed by atoms with E-state index in [2.05, 4.69) is 10.3 Å². The van der Waals surface area contributed by atoms with Crippen LogP contribution in [0.15, 0.2) is 18.2 Å². The first-order valence-corrected chi connectivity index (χ1v) is 7.35. The van der Waals surface area contributed by atoms with Gasteiger partial charge in [-0.1, -0.05) is 6.92 Å². The van der Waals surface area contributed by atoms with Gasteiger partial charge in [-0.3, -0.25) is 4.79 Å². The minimum absolute atomic E-state index is 0.216. The second-order valence-electron chi connectivity index (χ2n) is 4.66. The Morgan fingerprint density at radius 3 is 2.57 bits per heavy atom. The van der Waals surface area contributed by atoms with Gasteiger partial charge in [-0.05, 0) is 44.0 Å². The predicted molar refractivity (Wildman–Crippen MR) is 82.3 cm³/mol. The number of amides is 1. The largest absolute Gasteiger partial charge is 0.478 e. The Kier molecular flexibility index (Phi) is 4.37. The van der Waals surface area contributed by atoms with E-state index in [4.69, 9.17) is 5.11 Å². The van der Waals surface area contributed by atoms with Crippen molar-refractivity contribution >= 4 is 28.9 Å². The fraction of sp³-hybridized carbons (Fsp3) is 0.267. The van der Waals surface area contributed by atoms with Crippen LogP contribution in [-0.2, 0) is 6.42 Å². The Hall–Kier alpha value is -2.21. The molecule has 1 heterocycles. The van der Waals surface area contributed by atoms with Crippen molar-refractivity contribution in [3.63, 3.8) is 0 Å². The number of hydrogen-bond acceptors (Lipinski definition) is 4. The molecular formula is C15H16N2O3S. The molecule has 2 rings (SSSR count). The second-order valence-corrected chi connectivity index (χ2v) is 5.75. The highest BCUT2D eigenvalue weighted by molar-refractivity contribution is 7.13. The van der Waals surface area contributed by atoms with E-state index in [1.54, 1.807) is 19.1 Å². The van der Waals surface area contributed by atoms with Crippen molar-refractivity contribution in [3.05, 3.63) is 44.9 Å². The highest BCUT2D eigenvalue weighted by Crippen LogP contribution is 2.21. The summed E-state index contributed by atoms with van der Waals surface area (Å²) in [5, 5.41) is 12.7. The molecule has 0 fully saturated rings. The number of aromatic nitrogens is 1. The molecule has 1 aromatic heterocycles. The lowest BCUT2D eigenvalue weighted by atomic mass is 10.1. The molecule has 0 saturated carbocycles. The van der Waals surface area contributed by atoms with Crippen LogP contribution in [0.5, 0.6) is 0 Å². The molecule has 0 aliphatic heterocycles. The van der Waals surface area contributed by atoms with Gasteiger partial charge in [0, 0.05) is 5.69 Å². The fourth-order valence-electron chi connectivity index (χ4n) is 1.98. The van der Waals surface area contributed by atoms with E-state index < -0.39 is 5.97 Å². The second kappa shape index (κ2) is 6.05. The van der Waals surface area contributed by atoms with Crippen molar-refractivity contribution in [3.8, 4) is 0 Å². The lowest BCUT2D eigenvalue weighted by Gasteiger charge is -2.07. The van der Waals surface area contributed by atoms with Crippen molar-refractivity contribution < 1.29 is 14.7 Å². The van der Waals surface area contributed by atoms with Crippen LogP contribution in [0.2, 0.25) is 0 Å². The molecule has 0 aliphatic rings. The normalized spacial score (nSPS) is 10.4. The van der Waals surface area contributed by atoms with Gasteiger partial charge in [0.1, 0.15) is 4.88 Å². The van der Waals surface area contributed by atoms with Crippen LogP contribution in [0.1, 0.15) is 43.2 Å². The van der Waals surface area contributed by atoms with Gasteiger partial charge in [0.15, 0.2) is 0 Å². The summed E-state index contributed by atoms with van der Waals surface area (Å²) in [6, 6.07) is 4.73. The first-order chi connectivity index (χ1) is 9.92. The van der Waals surface area contributed by atoms with E-state index in [-0.39, 0.29) is 11.5 Å². The van der Waals surface area contributed by atoms with Crippen molar-refractivity contribution in [2.24, 2.45) is 0 Å². The summed E-state index contributed by atoms with van der Waals surface area (Å²) in [7, 11) is 0. The van der Waals surface area contributed by atoms with Crippen molar-refractivity contribution in [1.82, 2.24) is 4.98 Å². The number of carboxylic acids is 1. The molecule has 0 radical (unpaired) electrons. The molecule has 1 aromatic carbocycles. The number of nitrogens with one attached hydrogen (secondary N) is 1. The van der Waals surface area contributed by atoms with Crippen molar-refractivity contribution in [1.29, 1.82) is 0 Å². The van der Waals surface area contributed by atoms with E-state index >= 15 is 0 Å². The Labute approximate surface area is 126 Å². The first-order valence-electron chi connectivity index (χ1n) is 6.54. The number of hydrogen-bond donors (Lipinski definition) is 2. The molecule has 0 saturated heterocycles. The average molecular weight is 304 g/mol. The monoisotopic (exact) mass is 304 g/mol. The van der Waals surface area contributed by atoms with Gasteiger partial charge in [-0.2, -0.15) is 0 Å². The molecule has 0 atom stereocenters. The number of thiazole rings is 1. The third-order valence-electron chi connectivity index (χ3n) is 3.06. The van der Waals surface area contributed by atoms with E-state index in [0.29, 0.717) is 21.8 Å². The zero-order valence-corrected chi connectivity index (χ0v) is 12.9. The van der Waals surface area contributed by atoms with Gasteiger partial charge < -0.3 is 10.4 Å². The van der Waals surface area contributed by atoms with E-state index in [1.165, 1.54) is 17.4 Å². The first kappa shape index (κ1) is 15.2. The van der Waals surface area contributed by atoms with Crippen LogP contribution in [-0.4, -0.2) is 22.0 Å². The molecule has 2 N–H and O–H groups in total. The van der Waals surface area contributed by atoms with Crippen LogP contribution >= 0.6 is 11.3 Å². The SMILES string of the molecule is CCc1nc(C)c(C(=O)Nc2ccc(C(=O)O)c(C)c2)s1. The molecule has 2 aromatic rings. The number of nitrogens with zero attached hydrogens (tertiary/aromatic N) is 1. The highest BCUT2D eigenvalue weighted by atomic mass is 32.1. The predicted octanol–water partition coefficient (Wildman–Crippen LogP) is 3.27. The summed E-state index contributed by atoms with van der Waals surface area (Å²) in [6.45, 7) is 5.50. The zero-order valence-electron chi connectivity index (χ0n) is 12.1. The molecule has 21 heavy (non-hydrogen) atoms. The maximum atomic E-state index is 12.2. The third kappa shape index (κ3) is 3.28. The van der Waals surface area contributed by atoms with E-state index in [1.807, 2.05) is 13.8 Å². The third-order valence-corrected chi connectivity index (χ3v) is 4.36. The Morgan fingerprint density at radius 2 is 2.05 bits per heavy atom. The molecule has 6 heteroatoms. The molecule has 0 aliphatic carbocycles. The topological polar surface area (TPSA) is 79.3 Å². The minimum Gasteiger partial charge on any atom is -0.478 e. The van der Waals surface area contributed by atoms with Gasteiger partial charge in [0.05, 0.1) is 16.3 Å². The molecule has 0 bridgehead atoms. The van der Waals surface area contributed by atoms with Crippen LogP contribution in [0.3, 0.4) is 0 Å². The number of carbonyl (C=O) groups is 2. The molecule has 1 amide bonds. The fourth-order valence-corrected chi connectivity index (χ4v) is 2.88. The molecule has 0 spiro atoms. The van der Waals surface area contributed by atoms with Gasteiger partial charge in [0.2, 0.25) is 0 Å². The maximum absolute atomic E-state index is 12.2. The number of benzene rings is 1. The number of anilines is 1. The lowest BCUT2D eigenvalue weighted by Crippen LogP contribution is -2.12. The summed E-state index contributed by atoms with van der Waals surface area (Å²) in [6.07, 6.45) is 0.797. The van der Waals surface area contributed by atoms with Gasteiger partial charge >= 0.3 is 5.97 Å². The summed E-state index contributed by atoms with van der Waals surface area (Å²) >= 11 is 1.38. The Morgan fingerprint density at radius 1 is 1.33 bits per heavy atom.